The van der Waals surface area contributed by atoms with Crippen LogP contribution in [0.5, 0.6) is 0 Å². The first-order chi connectivity index (χ1) is 7.24. The highest BCUT2D eigenvalue weighted by atomic mass is 35.5. The molecule has 0 spiro atoms. The molecule has 76 valence electrons. The standard InChI is InChI=1S/C13H12ClN/c1-8-5-13(14)15-12-7-10-4-2-3-9(10)6-11(8)12/h5-7H,2-4H2,1H3. The number of halogens is 1. The summed E-state index contributed by atoms with van der Waals surface area (Å²) < 4.78 is 0. The molecule has 2 aromatic rings. The van der Waals surface area contributed by atoms with Gasteiger partial charge in [-0.15, -0.1) is 0 Å². The van der Waals surface area contributed by atoms with Crippen molar-refractivity contribution in [3.63, 3.8) is 0 Å². The Kier molecular flexibility index (Phi) is 1.96. The van der Waals surface area contributed by atoms with Crippen LogP contribution in [0.4, 0.5) is 0 Å². The van der Waals surface area contributed by atoms with E-state index in [2.05, 4.69) is 24.0 Å². The van der Waals surface area contributed by atoms with Gasteiger partial charge in [-0.1, -0.05) is 11.6 Å². The maximum atomic E-state index is 5.96. The van der Waals surface area contributed by atoms with Gasteiger partial charge in [0.15, 0.2) is 0 Å². The van der Waals surface area contributed by atoms with Crippen molar-refractivity contribution in [1.82, 2.24) is 4.98 Å². The topological polar surface area (TPSA) is 12.9 Å². The Morgan fingerprint density at radius 2 is 1.87 bits per heavy atom. The second-order valence-electron chi connectivity index (χ2n) is 4.25. The smallest absolute Gasteiger partial charge is 0.130 e. The number of rotatable bonds is 0. The van der Waals surface area contributed by atoms with Gasteiger partial charge in [0.2, 0.25) is 0 Å². The van der Waals surface area contributed by atoms with Crippen molar-refractivity contribution in [2.24, 2.45) is 0 Å². The molecule has 0 amide bonds. The molecule has 0 N–H and O–H groups in total. The molecule has 1 heterocycles. The summed E-state index contributed by atoms with van der Waals surface area (Å²) in [7, 11) is 0. The van der Waals surface area contributed by atoms with Crippen LogP contribution >= 0.6 is 11.6 Å². The molecule has 0 bridgehead atoms. The Morgan fingerprint density at radius 1 is 1.13 bits per heavy atom. The lowest BCUT2D eigenvalue weighted by molar-refractivity contribution is 0.912. The molecule has 0 fully saturated rings. The number of pyridine rings is 1. The normalized spacial score (nSPS) is 14.5. The monoisotopic (exact) mass is 217 g/mol. The highest BCUT2D eigenvalue weighted by molar-refractivity contribution is 6.29. The van der Waals surface area contributed by atoms with E-state index >= 15 is 0 Å². The molecule has 0 saturated heterocycles. The quantitative estimate of drug-likeness (QED) is 0.614. The third kappa shape index (κ3) is 1.42. The number of hydrogen-bond acceptors (Lipinski definition) is 1. The second kappa shape index (κ2) is 3.21. The molecule has 2 heteroatoms. The molecule has 1 aliphatic rings. The number of nitrogens with zero attached hydrogens (tertiary/aromatic N) is 1. The second-order valence-corrected chi connectivity index (χ2v) is 4.64. The SMILES string of the molecule is Cc1cc(Cl)nc2cc3c(cc12)CCC3. The Morgan fingerprint density at radius 3 is 2.67 bits per heavy atom. The fourth-order valence-electron chi connectivity index (χ4n) is 2.42. The minimum atomic E-state index is 0.595. The lowest BCUT2D eigenvalue weighted by atomic mass is 10.0. The molecular formula is C13H12ClN. The Hall–Kier alpha value is -1.08. The number of benzene rings is 1. The van der Waals surface area contributed by atoms with E-state index in [1.807, 2.05) is 6.07 Å². The molecule has 0 unspecified atom stereocenters. The van der Waals surface area contributed by atoms with E-state index in [9.17, 15) is 0 Å². The molecule has 1 nitrogen and oxygen atoms in total. The van der Waals surface area contributed by atoms with Gasteiger partial charge < -0.3 is 0 Å². The summed E-state index contributed by atoms with van der Waals surface area (Å²) in [5.74, 6) is 0. The Bertz CT molecular complexity index is 546. The maximum Gasteiger partial charge on any atom is 0.130 e. The third-order valence-electron chi connectivity index (χ3n) is 3.20. The van der Waals surface area contributed by atoms with E-state index in [0.29, 0.717) is 5.15 Å². The van der Waals surface area contributed by atoms with Crippen LogP contribution in [-0.4, -0.2) is 4.98 Å². The summed E-state index contributed by atoms with van der Waals surface area (Å²) in [4.78, 5) is 4.38. The third-order valence-corrected chi connectivity index (χ3v) is 3.39. The number of aromatic nitrogens is 1. The zero-order valence-electron chi connectivity index (χ0n) is 8.68. The number of hydrogen-bond donors (Lipinski definition) is 0. The number of fused-ring (bicyclic) bond motifs is 2. The number of aryl methyl sites for hydroxylation is 3. The predicted octanol–water partition coefficient (Wildman–Crippen LogP) is 3.69. The van der Waals surface area contributed by atoms with Crippen molar-refractivity contribution in [2.45, 2.75) is 26.2 Å². The zero-order valence-corrected chi connectivity index (χ0v) is 9.43. The van der Waals surface area contributed by atoms with E-state index < -0.39 is 0 Å². The fraction of sp³-hybridized carbons (Fsp3) is 0.308. The molecule has 1 aromatic carbocycles. The minimum Gasteiger partial charge on any atom is -0.236 e. The van der Waals surface area contributed by atoms with Gasteiger partial charge in [0.25, 0.3) is 0 Å². The first-order valence-electron chi connectivity index (χ1n) is 5.33. The van der Waals surface area contributed by atoms with Gasteiger partial charge in [-0.05, 0) is 61.1 Å². The molecule has 0 atom stereocenters. The maximum absolute atomic E-state index is 5.96. The van der Waals surface area contributed by atoms with E-state index in [1.54, 1.807) is 0 Å². The van der Waals surface area contributed by atoms with Crippen LogP contribution in [-0.2, 0) is 12.8 Å². The van der Waals surface area contributed by atoms with Gasteiger partial charge in [0.1, 0.15) is 5.15 Å². The van der Waals surface area contributed by atoms with Crippen molar-refractivity contribution in [2.75, 3.05) is 0 Å². The summed E-state index contributed by atoms with van der Waals surface area (Å²) in [6, 6.07) is 6.43. The van der Waals surface area contributed by atoms with Crippen LogP contribution in [0, 0.1) is 6.92 Å². The van der Waals surface area contributed by atoms with Crippen molar-refractivity contribution >= 4 is 22.5 Å². The molecule has 0 radical (unpaired) electrons. The highest BCUT2D eigenvalue weighted by Crippen LogP contribution is 2.29. The van der Waals surface area contributed by atoms with Crippen LogP contribution in [0.2, 0.25) is 5.15 Å². The van der Waals surface area contributed by atoms with Gasteiger partial charge in [-0.25, -0.2) is 4.98 Å². The van der Waals surface area contributed by atoms with Crippen LogP contribution in [0.1, 0.15) is 23.1 Å². The van der Waals surface area contributed by atoms with Crippen LogP contribution in [0.15, 0.2) is 18.2 Å². The Labute approximate surface area is 94.1 Å². The summed E-state index contributed by atoms with van der Waals surface area (Å²) >= 11 is 5.96. The van der Waals surface area contributed by atoms with Gasteiger partial charge in [-0.2, -0.15) is 0 Å². The Balaban J connectivity index is 2.38. The van der Waals surface area contributed by atoms with Gasteiger partial charge >= 0.3 is 0 Å². The van der Waals surface area contributed by atoms with E-state index in [-0.39, 0.29) is 0 Å². The first kappa shape index (κ1) is 9.17. The van der Waals surface area contributed by atoms with E-state index in [4.69, 9.17) is 11.6 Å². The van der Waals surface area contributed by atoms with E-state index in [0.717, 1.165) is 5.52 Å². The summed E-state index contributed by atoms with van der Waals surface area (Å²) in [6.07, 6.45) is 3.68. The van der Waals surface area contributed by atoms with Gasteiger partial charge in [0.05, 0.1) is 5.52 Å². The van der Waals surface area contributed by atoms with E-state index in [1.165, 1.54) is 41.3 Å². The highest BCUT2D eigenvalue weighted by Gasteiger charge is 2.13. The van der Waals surface area contributed by atoms with Gasteiger partial charge in [0, 0.05) is 5.39 Å². The fourth-order valence-corrected chi connectivity index (χ4v) is 2.68. The largest absolute Gasteiger partial charge is 0.236 e. The molecule has 1 aliphatic carbocycles. The summed E-state index contributed by atoms with van der Waals surface area (Å²) in [5.41, 5.74) is 5.21. The molecular weight excluding hydrogens is 206 g/mol. The van der Waals surface area contributed by atoms with Crippen LogP contribution in [0.3, 0.4) is 0 Å². The van der Waals surface area contributed by atoms with Crippen LogP contribution < -0.4 is 0 Å². The lowest BCUT2D eigenvalue weighted by Gasteiger charge is -2.06. The average molecular weight is 218 g/mol. The molecule has 3 rings (SSSR count). The molecule has 0 saturated carbocycles. The van der Waals surface area contributed by atoms with Gasteiger partial charge in [-0.3, -0.25) is 0 Å². The minimum absolute atomic E-state index is 0.595. The molecule has 15 heavy (non-hydrogen) atoms. The lowest BCUT2D eigenvalue weighted by Crippen LogP contribution is -1.89. The van der Waals surface area contributed by atoms with Crippen molar-refractivity contribution < 1.29 is 0 Å². The summed E-state index contributed by atoms with van der Waals surface area (Å²) in [6.45, 7) is 2.09. The predicted molar refractivity (Wildman–Crippen MR) is 63.5 cm³/mol. The van der Waals surface area contributed by atoms with Crippen molar-refractivity contribution in [1.29, 1.82) is 0 Å². The molecule has 0 aliphatic heterocycles. The van der Waals surface area contributed by atoms with Crippen molar-refractivity contribution in [3.05, 3.63) is 40.0 Å². The molecule has 1 aromatic heterocycles. The zero-order chi connectivity index (χ0) is 10.4. The van der Waals surface area contributed by atoms with Crippen LogP contribution in [0.25, 0.3) is 10.9 Å². The summed E-state index contributed by atoms with van der Waals surface area (Å²) in [5, 5.41) is 1.85. The first-order valence-corrected chi connectivity index (χ1v) is 5.70. The average Bonchev–Trinajstić information content (AvgIpc) is 2.61. The van der Waals surface area contributed by atoms with Crippen molar-refractivity contribution in [3.8, 4) is 0 Å².